The van der Waals surface area contributed by atoms with Crippen molar-refractivity contribution in [2.75, 3.05) is 15.8 Å². The zero-order valence-electron chi connectivity index (χ0n) is 12.4. The molecule has 2 rings (SSSR count). The monoisotopic (exact) mass is 374 g/mol. The largest absolute Gasteiger partial charge is 0.338 e. The SMILES string of the molecule is CCCCS(=O)(=O)Nc1ccc(Nc2ccc(Cl)cc2Cl)nn1. The van der Waals surface area contributed by atoms with Crippen molar-refractivity contribution in [2.24, 2.45) is 0 Å². The average molecular weight is 375 g/mol. The van der Waals surface area contributed by atoms with Crippen molar-refractivity contribution < 1.29 is 8.42 Å². The van der Waals surface area contributed by atoms with Gasteiger partial charge in [0.2, 0.25) is 10.0 Å². The summed E-state index contributed by atoms with van der Waals surface area (Å²) in [5, 5.41) is 11.7. The highest BCUT2D eigenvalue weighted by Gasteiger charge is 2.11. The predicted octanol–water partition coefficient (Wildman–Crippen LogP) is 4.07. The lowest BCUT2D eigenvalue weighted by molar-refractivity contribution is 0.597. The lowest BCUT2D eigenvalue weighted by Gasteiger charge is -2.09. The highest BCUT2D eigenvalue weighted by Crippen LogP contribution is 2.27. The van der Waals surface area contributed by atoms with Crippen LogP contribution in [0, 0.1) is 0 Å². The number of benzene rings is 1. The van der Waals surface area contributed by atoms with Crippen LogP contribution in [-0.4, -0.2) is 24.4 Å². The first-order valence-corrected chi connectivity index (χ1v) is 9.37. The summed E-state index contributed by atoms with van der Waals surface area (Å²) in [5.41, 5.74) is 0.627. The van der Waals surface area contributed by atoms with Crippen LogP contribution in [0.5, 0.6) is 0 Å². The Morgan fingerprint density at radius 2 is 1.78 bits per heavy atom. The van der Waals surface area contributed by atoms with Crippen molar-refractivity contribution in [3.63, 3.8) is 0 Å². The first kappa shape index (κ1) is 17.8. The molecule has 0 bridgehead atoms. The van der Waals surface area contributed by atoms with Crippen LogP contribution in [0.4, 0.5) is 17.3 Å². The van der Waals surface area contributed by atoms with E-state index in [-0.39, 0.29) is 11.6 Å². The second kappa shape index (κ2) is 7.81. The van der Waals surface area contributed by atoms with Crippen LogP contribution in [0.2, 0.25) is 10.0 Å². The van der Waals surface area contributed by atoms with Gasteiger partial charge in [0, 0.05) is 5.02 Å². The van der Waals surface area contributed by atoms with E-state index in [4.69, 9.17) is 23.2 Å². The molecule has 0 aliphatic heterocycles. The summed E-state index contributed by atoms with van der Waals surface area (Å²) in [5.74, 6) is 0.672. The van der Waals surface area contributed by atoms with E-state index in [1.54, 1.807) is 24.3 Å². The highest BCUT2D eigenvalue weighted by atomic mass is 35.5. The minimum atomic E-state index is -3.39. The third kappa shape index (κ3) is 5.53. The number of halogens is 2. The zero-order valence-corrected chi connectivity index (χ0v) is 14.7. The molecular formula is C14H16Cl2N4O2S. The molecule has 0 saturated heterocycles. The van der Waals surface area contributed by atoms with Crippen LogP contribution in [0.1, 0.15) is 19.8 Å². The number of anilines is 3. The van der Waals surface area contributed by atoms with Gasteiger partial charge in [0.15, 0.2) is 11.6 Å². The van der Waals surface area contributed by atoms with Crippen LogP contribution < -0.4 is 10.0 Å². The van der Waals surface area contributed by atoms with Gasteiger partial charge in [-0.05, 0) is 36.8 Å². The van der Waals surface area contributed by atoms with Gasteiger partial charge in [-0.25, -0.2) is 8.42 Å². The van der Waals surface area contributed by atoms with Crippen LogP contribution in [0.15, 0.2) is 30.3 Å². The number of unbranched alkanes of at least 4 members (excludes halogenated alkanes) is 1. The third-order valence-corrected chi connectivity index (χ3v) is 4.78. The summed E-state index contributed by atoms with van der Waals surface area (Å²) in [6, 6.07) is 8.15. The fourth-order valence-corrected chi connectivity index (χ4v) is 3.38. The van der Waals surface area contributed by atoms with Gasteiger partial charge in [-0.15, -0.1) is 10.2 Å². The Labute approximate surface area is 145 Å². The molecule has 0 aliphatic rings. The quantitative estimate of drug-likeness (QED) is 0.762. The zero-order chi connectivity index (χ0) is 16.9. The molecule has 23 heavy (non-hydrogen) atoms. The van der Waals surface area contributed by atoms with E-state index in [0.717, 1.165) is 6.42 Å². The fourth-order valence-electron chi connectivity index (χ4n) is 1.73. The van der Waals surface area contributed by atoms with E-state index < -0.39 is 10.0 Å². The number of hydrogen-bond acceptors (Lipinski definition) is 5. The van der Waals surface area contributed by atoms with E-state index in [0.29, 0.717) is 28.0 Å². The molecule has 6 nitrogen and oxygen atoms in total. The average Bonchev–Trinajstić information content (AvgIpc) is 2.50. The summed E-state index contributed by atoms with van der Waals surface area (Å²) in [6.07, 6.45) is 1.40. The summed E-state index contributed by atoms with van der Waals surface area (Å²) in [4.78, 5) is 0. The van der Waals surface area contributed by atoms with Gasteiger partial charge in [-0.2, -0.15) is 0 Å². The molecule has 2 aromatic rings. The maximum absolute atomic E-state index is 11.8. The minimum Gasteiger partial charge on any atom is -0.338 e. The molecule has 0 amide bonds. The lowest BCUT2D eigenvalue weighted by atomic mass is 10.3. The molecule has 0 saturated carbocycles. The summed E-state index contributed by atoms with van der Waals surface area (Å²) >= 11 is 11.9. The normalized spacial score (nSPS) is 11.3. The Morgan fingerprint density at radius 1 is 1.09 bits per heavy atom. The van der Waals surface area contributed by atoms with Crippen LogP contribution in [-0.2, 0) is 10.0 Å². The van der Waals surface area contributed by atoms with E-state index in [1.165, 1.54) is 6.07 Å². The molecule has 0 atom stereocenters. The first-order chi connectivity index (χ1) is 10.9. The number of hydrogen-bond donors (Lipinski definition) is 2. The second-order valence-corrected chi connectivity index (χ2v) is 7.51. The van der Waals surface area contributed by atoms with Gasteiger partial charge < -0.3 is 5.32 Å². The Kier molecular flexibility index (Phi) is 6.04. The molecule has 0 aliphatic carbocycles. The number of nitrogens with zero attached hydrogens (tertiary/aromatic N) is 2. The second-order valence-electron chi connectivity index (χ2n) is 4.83. The molecule has 9 heteroatoms. The van der Waals surface area contributed by atoms with E-state index >= 15 is 0 Å². The highest BCUT2D eigenvalue weighted by molar-refractivity contribution is 7.92. The molecule has 124 valence electrons. The Morgan fingerprint density at radius 3 is 2.39 bits per heavy atom. The molecule has 1 heterocycles. The van der Waals surface area contributed by atoms with E-state index in [2.05, 4.69) is 20.2 Å². The third-order valence-electron chi connectivity index (χ3n) is 2.89. The van der Waals surface area contributed by atoms with E-state index in [1.807, 2.05) is 6.92 Å². The molecule has 0 unspecified atom stereocenters. The maximum Gasteiger partial charge on any atom is 0.233 e. The number of nitrogens with one attached hydrogen (secondary N) is 2. The van der Waals surface area contributed by atoms with Gasteiger partial charge >= 0.3 is 0 Å². The van der Waals surface area contributed by atoms with Gasteiger partial charge in [0.25, 0.3) is 0 Å². The minimum absolute atomic E-state index is 0.0611. The summed E-state index contributed by atoms with van der Waals surface area (Å²) < 4.78 is 26.0. The van der Waals surface area contributed by atoms with Crippen molar-refractivity contribution in [2.45, 2.75) is 19.8 Å². The van der Waals surface area contributed by atoms with Crippen molar-refractivity contribution >= 4 is 50.5 Å². The molecule has 0 spiro atoms. The lowest BCUT2D eigenvalue weighted by Crippen LogP contribution is -2.17. The van der Waals surface area contributed by atoms with Crippen LogP contribution in [0.3, 0.4) is 0 Å². The Balaban J connectivity index is 2.05. The van der Waals surface area contributed by atoms with Crippen molar-refractivity contribution in [3.05, 3.63) is 40.4 Å². The standard InChI is InChI=1S/C14H16Cl2N4O2S/c1-2-3-8-23(21,22)20-14-7-6-13(18-19-14)17-12-5-4-10(15)9-11(12)16/h4-7,9H,2-3,8H2,1H3,(H,17,18)(H,19,20). The number of rotatable bonds is 7. The number of aromatic nitrogens is 2. The van der Waals surface area contributed by atoms with E-state index in [9.17, 15) is 8.42 Å². The smallest absolute Gasteiger partial charge is 0.233 e. The van der Waals surface area contributed by atoms with Gasteiger partial charge in [-0.3, -0.25) is 4.72 Å². The fraction of sp³-hybridized carbons (Fsp3) is 0.286. The topological polar surface area (TPSA) is 84.0 Å². The van der Waals surface area contributed by atoms with Crippen molar-refractivity contribution in [1.29, 1.82) is 0 Å². The van der Waals surface area contributed by atoms with Gasteiger partial charge in [0.1, 0.15) is 0 Å². The molecule has 1 aromatic carbocycles. The molecular weight excluding hydrogens is 359 g/mol. The Bertz CT molecular complexity index is 767. The first-order valence-electron chi connectivity index (χ1n) is 6.96. The molecule has 2 N–H and O–H groups in total. The van der Waals surface area contributed by atoms with Gasteiger partial charge in [0.05, 0.1) is 16.5 Å². The van der Waals surface area contributed by atoms with Gasteiger partial charge in [-0.1, -0.05) is 36.5 Å². The molecule has 0 fully saturated rings. The van der Waals surface area contributed by atoms with Crippen molar-refractivity contribution in [1.82, 2.24) is 10.2 Å². The van der Waals surface area contributed by atoms with Crippen LogP contribution >= 0.6 is 23.2 Å². The molecule has 0 radical (unpaired) electrons. The predicted molar refractivity (Wildman–Crippen MR) is 94.1 cm³/mol. The number of sulfonamides is 1. The molecule has 1 aromatic heterocycles. The maximum atomic E-state index is 11.8. The van der Waals surface area contributed by atoms with Crippen molar-refractivity contribution in [3.8, 4) is 0 Å². The van der Waals surface area contributed by atoms with Crippen LogP contribution in [0.25, 0.3) is 0 Å². The Hall–Kier alpha value is -1.57. The summed E-state index contributed by atoms with van der Waals surface area (Å²) in [7, 11) is -3.39. The summed E-state index contributed by atoms with van der Waals surface area (Å²) in [6.45, 7) is 1.93.